The molecule has 0 fully saturated rings. The Hall–Kier alpha value is -2.55. The molecule has 2 aromatic carbocycles. The van der Waals surface area contributed by atoms with E-state index in [-0.39, 0.29) is 5.70 Å². The maximum atomic E-state index is 12.3. The number of nitrogens with one attached hydrogen (secondary N) is 1. The first-order chi connectivity index (χ1) is 13.5. The van der Waals surface area contributed by atoms with Gasteiger partial charge in [-0.2, -0.15) is 0 Å². The number of carbonyl (C=O) groups excluding carboxylic acids is 1. The zero-order valence-electron chi connectivity index (χ0n) is 15.7. The molecule has 0 radical (unpaired) electrons. The topological polar surface area (TPSA) is 84.9 Å². The molecule has 0 aliphatic carbocycles. The molecule has 0 atom stereocenters. The number of carbonyl (C=O) groups is 2. The summed E-state index contributed by atoms with van der Waals surface area (Å²) in [4.78, 5) is 23.9. The van der Waals surface area contributed by atoms with Gasteiger partial charge in [-0.05, 0) is 71.8 Å². The molecule has 0 aliphatic heterocycles. The minimum atomic E-state index is -1.23. The van der Waals surface area contributed by atoms with E-state index in [0.717, 1.165) is 9.99 Å². The molecule has 2 rings (SSSR count). The first kappa shape index (κ1) is 21.7. The normalized spacial score (nSPS) is 11.0. The molecule has 7 heteroatoms. The highest BCUT2D eigenvalue weighted by atomic mass is 127. The third-order valence-electron chi connectivity index (χ3n) is 3.61. The quantitative estimate of drug-likeness (QED) is 0.400. The van der Waals surface area contributed by atoms with E-state index in [4.69, 9.17) is 9.47 Å². The predicted molar refractivity (Wildman–Crippen MR) is 116 cm³/mol. The summed E-state index contributed by atoms with van der Waals surface area (Å²) in [6.45, 7) is 4.88. The van der Waals surface area contributed by atoms with Crippen molar-refractivity contribution in [2.75, 3.05) is 13.2 Å². The number of carboxylic acids is 1. The summed E-state index contributed by atoms with van der Waals surface area (Å²) in [7, 11) is 0. The van der Waals surface area contributed by atoms with Crippen LogP contribution in [-0.4, -0.2) is 30.2 Å². The van der Waals surface area contributed by atoms with Crippen LogP contribution in [0.15, 0.2) is 48.2 Å². The number of ether oxygens (including phenoxy) is 2. The Morgan fingerprint density at radius 1 is 1.14 bits per heavy atom. The summed E-state index contributed by atoms with van der Waals surface area (Å²) >= 11 is 2.12. The molecular weight excluding hydrogens is 473 g/mol. The van der Waals surface area contributed by atoms with Gasteiger partial charge in [-0.25, -0.2) is 4.79 Å². The van der Waals surface area contributed by atoms with Crippen molar-refractivity contribution < 1.29 is 24.2 Å². The fraction of sp³-hybridized carbons (Fsp3) is 0.238. The molecule has 2 N–H and O–H groups in total. The van der Waals surface area contributed by atoms with Crippen LogP contribution in [0.4, 0.5) is 0 Å². The minimum absolute atomic E-state index is 0.227. The van der Waals surface area contributed by atoms with Crippen molar-refractivity contribution in [2.24, 2.45) is 0 Å². The molecule has 1 amide bonds. The molecule has 0 heterocycles. The maximum Gasteiger partial charge on any atom is 0.352 e. The molecule has 0 saturated carbocycles. The van der Waals surface area contributed by atoms with E-state index >= 15 is 0 Å². The number of amides is 1. The molecule has 0 bridgehead atoms. The lowest BCUT2D eigenvalue weighted by Crippen LogP contribution is -2.27. The van der Waals surface area contributed by atoms with Crippen molar-refractivity contribution in [1.82, 2.24) is 5.32 Å². The summed E-state index contributed by atoms with van der Waals surface area (Å²) in [6.07, 6.45) is 2.26. The summed E-state index contributed by atoms with van der Waals surface area (Å²) < 4.78 is 12.2. The molecule has 0 spiro atoms. The molecule has 0 saturated heterocycles. The number of rotatable bonds is 9. The van der Waals surface area contributed by atoms with Crippen LogP contribution in [0.1, 0.15) is 36.2 Å². The monoisotopic (exact) mass is 495 g/mol. The van der Waals surface area contributed by atoms with Gasteiger partial charge < -0.3 is 19.9 Å². The standard InChI is InChI=1S/C21H22INO5/c1-3-10-28-19-16(22)11-14(13-18(19)27-4-2)12-17(21(25)26)23-20(24)15-8-6-5-7-9-15/h5-9,11-13H,3-4,10H2,1-2H3,(H,23,24)(H,25,26). The lowest BCUT2D eigenvalue weighted by atomic mass is 10.1. The molecular formula is C21H22INO5. The average molecular weight is 495 g/mol. The van der Waals surface area contributed by atoms with Gasteiger partial charge in [0.2, 0.25) is 0 Å². The third kappa shape index (κ3) is 5.98. The largest absolute Gasteiger partial charge is 0.490 e. The Labute approximate surface area is 177 Å². The van der Waals surface area contributed by atoms with Gasteiger partial charge in [0.15, 0.2) is 11.5 Å². The summed E-state index contributed by atoms with van der Waals surface area (Å²) in [5.41, 5.74) is 0.735. The Kier molecular flexibility index (Phi) is 8.31. The highest BCUT2D eigenvalue weighted by Crippen LogP contribution is 2.35. The van der Waals surface area contributed by atoms with Crippen molar-refractivity contribution in [3.63, 3.8) is 0 Å². The van der Waals surface area contributed by atoms with E-state index in [9.17, 15) is 14.7 Å². The molecule has 0 aromatic heterocycles. The van der Waals surface area contributed by atoms with Gasteiger partial charge in [0, 0.05) is 5.56 Å². The predicted octanol–water partition coefficient (Wildman–Crippen LogP) is 4.33. The number of aliphatic carboxylic acids is 1. The lowest BCUT2D eigenvalue weighted by molar-refractivity contribution is -0.132. The zero-order chi connectivity index (χ0) is 20.5. The molecule has 28 heavy (non-hydrogen) atoms. The van der Waals surface area contributed by atoms with Crippen LogP contribution in [0.25, 0.3) is 6.08 Å². The van der Waals surface area contributed by atoms with Crippen LogP contribution >= 0.6 is 22.6 Å². The fourth-order valence-electron chi connectivity index (χ4n) is 2.38. The Morgan fingerprint density at radius 3 is 2.46 bits per heavy atom. The van der Waals surface area contributed by atoms with E-state index < -0.39 is 11.9 Å². The van der Waals surface area contributed by atoms with Gasteiger partial charge in [-0.1, -0.05) is 25.1 Å². The SMILES string of the molecule is CCCOc1c(I)cc(C=C(NC(=O)c2ccccc2)C(=O)O)cc1OCC. The smallest absolute Gasteiger partial charge is 0.352 e. The average Bonchev–Trinajstić information content (AvgIpc) is 2.67. The first-order valence-electron chi connectivity index (χ1n) is 8.86. The second kappa shape index (κ2) is 10.7. The molecule has 0 unspecified atom stereocenters. The number of hydrogen-bond acceptors (Lipinski definition) is 4. The summed E-state index contributed by atoms with van der Waals surface area (Å²) in [5, 5.41) is 12.0. The Bertz CT molecular complexity index is 865. The number of benzene rings is 2. The van der Waals surface area contributed by atoms with Gasteiger partial charge in [0.05, 0.1) is 16.8 Å². The maximum absolute atomic E-state index is 12.3. The zero-order valence-corrected chi connectivity index (χ0v) is 17.9. The van der Waals surface area contributed by atoms with Gasteiger partial charge in [-0.15, -0.1) is 0 Å². The Balaban J connectivity index is 2.35. The van der Waals surface area contributed by atoms with Crippen molar-refractivity contribution in [1.29, 1.82) is 0 Å². The number of carboxylic acid groups (broad SMARTS) is 1. The van der Waals surface area contributed by atoms with Crippen LogP contribution in [-0.2, 0) is 4.79 Å². The minimum Gasteiger partial charge on any atom is -0.490 e. The second-order valence-corrected chi connectivity index (χ2v) is 6.96. The van der Waals surface area contributed by atoms with Crippen LogP contribution in [0.5, 0.6) is 11.5 Å². The highest BCUT2D eigenvalue weighted by Gasteiger charge is 2.16. The number of hydrogen-bond donors (Lipinski definition) is 2. The summed E-state index contributed by atoms with van der Waals surface area (Å²) in [5.74, 6) is -0.555. The van der Waals surface area contributed by atoms with Crippen molar-refractivity contribution in [3.8, 4) is 11.5 Å². The Morgan fingerprint density at radius 2 is 1.86 bits per heavy atom. The van der Waals surface area contributed by atoms with Crippen molar-refractivity contribution >= 4 is 40.5 Å². The van der Waals surface area contributed by atoms with Crippen LogP contribution in [0.3, 0.4) is 0 Å². The van der Waals surface area contributed by atoms with E-state index in [0.29, 0.717) is 35.8 Å². The van der Waals surface area contributed by atoms with Gasteiger partial charge in [0.1, 0.15) is 5.70 Å². The van der Waals surface area contributed by atoms with Crippen molar-refractivity contribution in [3.05, 3.63) is 62.9 Å². The number of halogens is 1. The third-order valence-corrected chi connectivity index (χ3v) is 4.41. The molecule has 148 valence electrons. The van der Waals surface area contributed by atoms with Crippen molar-refractivity contribution in [2.45, 2.75) is 20.3 Å². The second-order valence-electron chi connectivity index (χ2n) is 5.79. The molecule has 0 aliphatic rings. The molecule has 6 nitrogen and oxygen atoms in total. The van der Waals surface area contributed by atoms with E-state index in [1.165, 1.54) is 6.08 Å². The molecule has 2 aromatic rings. The first-order valence-corrected chi connectivity index (χ1v) is 9.94. The van der Waals surface area contributed by atoms with Crippen LogP contribution in [0, 0.1) is 3.57 Å². The highest BCUT2D eigenvalue weighted by molar-refractivity contribution is 14.1. The van der Waals surface area contributed by atoms with E-state index in [2.05, 4.69) is 27.9 Å². The van der Waals surface area contributed by atoms with Gasteiger partial charge in [0.25, 0.3) is 5.91 Å². The fourth-order valence-corrected chi connectivity index (χ4v) is 3.16. The van der Waals surface area contributed by atoms with E-state index in [1.54, 1.807) is 42.5 Å². The lowest BCUT2D eigenvalue weighted by Gasteiger charge is -2.14. The van der Waals surface area contributed by atoms with Gasteiger partial charge >= 0.3 is 5.97 Å². The van der Waals surface area contributed by atoms with E-state index in [1.807, 2.05) is 13.8 Å². The van der Waals surface area contributed by atoms with Gasteiger partial charge in [-0.3, -0.25) is 4.79 Å². The van der Waals surface area contributed by atoms with Crippen LogP contribution in [0.2, 0.25) is 0 Å². The summed E-state index contributed by atoms with van der Waals surface area (Å²) in [6, 6.07) is 11.9. The van der Waals surface area contributed by atoms with Crippen LogP contribution < -0.4 is 14.8 Å².